The zero-order valence-corrected chi connectivity index (χ0v) is 18.5. The Balaban J connectivity index is 1.75. The molecular weight excluding hydrogens is 408 g/mol. The Bertz CT molecular complexity index is 867. The van der Waals surface area contributed by atoms with Gasteiger partial charge in [-0.1, -0.05) is 49.6 Å². The second-order valence-electron chi connectivity index (χ2n) is 8.30. The quantitative estimate of drug-likeness (QED) is 0.295. The number of nitrogens with one attached hydrogen (secondary N) is 2. The Morgan fingerprint density at radius 2 is 1.78 bits per heavy atom. The van der Waals surface area contributed by atoms with Crippen LogP contribution in [-0.4, -0.2) is 63.6 Å². The molecule has 9 nitrogen and oxygen atoms in total. The number of unbranched alkanes of at least 4 members (excludes halogenated alkanes) is 3. The van der Waals surface area contributed by atoms with Crippen LogP contribution in [0.2, 0.25) is 0 Å². The third kappa shape index (κ3) is 6.09. The van der Waals surface area contributed by atoms with Crippen LogP contribution in [0.4, 0.5) is 0 Å². The summed E-state index contributed by atoms with van der Waals surface area (Å²) in [6, 6.07) is 10.3. The van der Waals surface area contributed by atoms with Crippen LogP contribution in [-0.2, 0) is 10.3 Å². The van der Waals surface area contributed by atoms with Gasteiger partial charge in [-0.25, -0.2) is 20.5 Å². The highest BCUT2D eigenvalue weighted by molar-refractivity contribution is 5.93. The second kappa shape index (κ2) is 11.7. The maximum atomic E-state index is 12.9. The van der Waals surface area contributed by atoms with E-state index in [1.54, 1.807) is 5.48 Å². The largest absolute Gasteiger partial charge is 0.303 e. The fourth-order valence-electron chi connectivity index (χ4n) is 4.33. The Morgan fingerprint density at radius 1 is 1.06 bits per heavy atom. The van der Waals surface area contributed by atoms with E-state index in [9.17, 15) is 9.59 Å². The van der Waals surface area contributed by atoms with E-state index in [0.29, 0.717) is 18.5 Å². The molecule has 2 aromatic rings. The average molecular weight is 441 g/mol. The van der Waals surface area contributed by atoms with E-state index in [0.717, 1.165) is 50.8 Å². The van der Waals surface area contributed by atoms with E-state index >= 15 is 0 Å². The normalized spacial score (nSPS) is 19.4. The van der Waals surface area contributed by atoms with Crippen LogP contribution >= 0.6 is 0 Å². The number of hydrogen-bond donors (Lipinski definition) is 3. The SMILES string of the molecule is CN1CCN(NC(=O)c2cncnc2)C(CCCCCCC(=O)NO)(c2ccccc2)C1. The Morgan fingerprint density at radius 3 is 2.50 bits per heavy atom. The Kier molecular flexibility index (Phi) is 8.66. The highest BCUT2D eigenvalue weighted by Crippen LogP contribution is 2.36. The van der Waals surface area contributed by atoms with Crippen molar-refractivity contribution in [2.75, 3.05) is 26.7 Å². The van der Waals surface area contributed by atoms with E-state index in [1.807, 2.05) is 18.2 Å². The van der Waals surface area contributed by atoms with Gasteiger partial charge in [0.05, 0.1) is 11.1 Å². The highest BCUT2D eigenvalue weighted by atomic mass is 16.5. The molecule has 0 aliphatic carbocycles. The van der Waals surface area contributed by atoms with E-state index in [-0.39, 0.29) is 17.4 Å². The van der Waals surface area contributed by atoms with Crippen molar-refractivity contribution < 1.29 is 14.8 Å². The van der Waals surface area contributed by atoms with Crippen molar-refractivity contribution in [3.63, 3.8) is 0 Å². The van der Waals surface area contributed by atoms with Crippen molar-refractivity contribution in [1.29, 1.82) is 0 Å². The lowest BCUT2D eigenvalue weighted by Gasteiger charge is -2.50. The average Bonchev–Trinajstić information content (AvgIpc) is 2.83. The van der Waals surface area contributed by atoms with Crippen molar-refractivity contribution in [2.24, 2.45) is 0 Å². The molecule has 172 valence electrons. The van der Waals surface area contributed by atoms with Crippen LogP contribution in [0.5, 0.6) is 0 Å². The van der Waals surface area contributed by atoms with Gasteiger partial charge in [-0.05, 0) is 25.5 Å². The maximum Gasteiger partial charge on any atom is 0.268 e. The summed E-state index contributed by atoms with van der Waals surface area (Å²) in [5, 5.41) is 10.7. The number of amides is 2. The van der Waals surface area contributed by atoms with Gasteiger partial charge >= 0.3 is 0 Å². The first-order valence-electron chi connectivity index (χ1n) is 11.1. The van der Waals surface area contributed by atoms with Crippen molar-refractivity contribution >= 4 is 11.8 Å². The van der Waals surface area contributed by atoms with Crippen LogP contribution in [0.1, 0.15) is 54.4 Å². The topological polar surface area (TPSA) is 111 Å². The summed E-state index contributed by atoms with van der Waals surface area (Å²) >= 11 is 0. The third-order valence-electron chi connectivity index (χ3n) is 5.99. The number of likely N-dealkylation sites (N-methyl/N-ethyl adjacent to an activating group) is 1. The van der Waals surface area contributed by atoms with Gasteiger partial charge in [0.25, 0.3) is 5.91 Å². The Hall–Kier alpha value is -2.88. The molecule has 0 spiro atoms. The van der Waals surface area contributed by atoms with E-state index < -0.39 is 0 Å². The number of hydrazine groups is 1. The van der Waals surface area contributed by atoms with Gasteiger partial charge in [0, 0.05) is 38.4 Å². The van der Waals surface area contributed by atoms with Crippen LogP contribution in [0.3, 0.4) is 0 Å². The first kappa shape index (κ1) is 23.8. The second-order valence-corrected chi connectivity index (χ2v) is 8.30. The minimum Gasteiger partial charge on any atom is -0.303 e. The van der Waals surface area contributed by atoms with Crippen LogP contribution in [0.15, 0.2) is 49.1 Å². The Labute approximate surface area is 188 Å². The van der Waals surface area contributed by atoms with Crippen molar-refractivity contribution in [2.45, 2.75) is 44.1 Å². The van der Waals surface area contributed by atoms with Gasteiger partial charge in [0.2, 0.25) is 5.91 Å². The number of carbonyl (C=O) groups is 2. The molecule has 1 atom stereocenters. The van der Waals surface area contributed by atoms with Gasteiger partial charge in [-0.2, -0.15) is 0 Å². The van der Waals surface area contributed by atoms with Gasteiger partial charge in [0.1, 0.15) is 6.33 Å². The van der Waals surface area contributed by atoms with Crippen molar-refractivity contribution in [3.05, 3.63) is 60.2 Å². The number of benzene rings is 1. The highest BCUT2D eigenvalue weighted by Gasteiger charge is 2.43. The van der Waals surface area contributed by atoms with Crippen LogP contribution in [0.25, 0.3) is 0 Å². The van der Waals surface area contributed by atoms with Gasteiger partial charge in [-0.15, -0.1) is 0 Å². The van der Waals surface area contributed by atoms with Crippen LogP contribution in [0, 0.1) is 0 Å². The predicted molar refractivity (Wildman–Crippen MR) is 119 cm³/mol. The summed E-state index contributed by atoms with van der Waals surface area (Å²) in [6.07, 6.45) is 9.18. The molecule has 1 aliphatic rings. The lowest BCUT2D eigenvalue weighted by atomic mass is 9.82. The number of nitrogens with zero attached hydrogens (tertiary/aromatic N) is 4. The summed E-state index contributed by atoms with van der Waals surface area (Å²) < 4.78 is 0. The molecule has 2 heterocycles. The number of aromatic nitrogens is 2. The van der Waals surface area contributed by atoms with Crippen molar-refractivity contribution in [1.82, 2.24) is 30.8 Å². The van der Waals surface area contributed by atoms with E-state index in [4.69, 9.17) is 5.21 Å². The summed E-state index contributed by atoms with van der Waals surface area (Å²) in [6.45, 7) is 2.33. The molecule has 3 rings (SSSR count). The molecule has 1 unspecified atom stereocenters. The lowest BCUT2D eigenvalue weighted by Crippen LogP contribution is -2.64. The molecule has 1 aromatic heterocycles. The smallest absolute Gasteiger partial charge is 0.268 e. The zero-order valence-electron chi connectivity index (χ0n) is 18.5. The predicted octanol–water partition coefficient (Wildman–Crippen LogP) is 2.11. The van der Waals surface area contributed by atoms with Gasteiger partial charge in [0.15, 0.2) is 0 Å². The summed E-state index contributed by atoms with van der Waals surface area (Å²) in [5.41, 5.74) is 6.02. The first-order valence-corrected chi connectivity index (χ1v) is 11.1. The summed E-state index contributed by atoms with van der Waals surface area (Å²) in [4.78, 5) is 34.3. The third-order valence-corrected chi connectivity index (χ3v) is 5.99. The molecule has 1 saturated heterocycles. The lowest BCUT2D eigenvalue weighted by molar-refractivity contribution is -0.129. The molecule has 3 N–H and O–H groups in total. The number of carbonyl (C=O) groups excluding carboxylic acids is 2. The monoisotopic (exact) mass is 440 g/mol. The van der Waals surface area contributed by atoms with Crippen LogP contribution < -0.4 is 10.9 Å². The molecule has 32 heavy (non-hydrogen) atoms. The van der Waals surface area contributed by atoms with E-state index in [2.05, 4.69) is 44.5 Å². The number of hydrogen-bond acceptors (Lipinski definition) is 7. The molecule has 0 bridgehead atoms. The van der Waals surface area contributed by atoms with Crippen molar-refractivity contribution in [3.8, 4) is 0 Å². The summed E-state index contributed by atoms with van der Waals surface area (Å²) in [7, 11) is 2.11. The molecule has 0 saturated carbocycles. The first-order chi connectivity index (χ1) is 15.5. The number of rotatable bonds is 10. The number of piperazine rings is 1. The molecule has 9 heteroatoms. The fourth-order valence-corrected chi connectivity index (χ4v) is 4.33. The molecule has 1 aliphatic heterocycles. The van der Waals surface area contributed by atoms with Gasteiger partial charge in [-0.3, -0.25) is 20.2 Å². The van der Waals surface area contributed by atoms with E-state index in [1.165, 1.54) is 18.7 Å². The molecule has 0 radical (unpaired) electrons. The molecule has 2 amide bonds. The molecular formula is C23H32N6O3. The number of hydroxylamine groups is 1. The standard InChI is InChI=1S/C23H32N6O3/c1-28-13-14-29(26-22(31)19-15-24-18-25-16-19)23(17-28,20-9-5-4-6-10-20)12-8-3-2-7-11-21(30)27-32/h4-6,9-10,15-16,18,32H,2-3,7-8,11-14,17H2,1H3,(H,26,31)(H,27,30). The van der Waals surface area contributed by atoms with Gasteiger partial charge < -0.3 is 4.90 Å². The minimum atomic E-state index is -0.373. The summed E-state index contributed by atoms with van der Waals surface area (Å²) in [5.74, 6) is -0.566. The fraction of sp³-hybridized carbons (Fsp3) is 0.478. The molecule has 1 fully saturated rings. The minimum absolute atomic E-state index is 0.217. The maximum absolute atomic E-state index is 12.9. The zero-order chi connectivity index (χ0) is 22.8. The molecule has 1 aromatic carbocycles.